The van der Waals surface area contributed by atoms with Crippen molar-refractivity contribution in [2.45, 2.75) is 46.1 Å². The number of aryl methyl sites for hydroxylation is 1. The second-order valence-corrected chi connectivity index (χ2v) is 7.34. The third kappa shape index (κ3) is 4.79. The predicted molar refractivity (Wildman–Crippen MR) is 110 cm³/mol. The first-order chi connectivity index (χ1) is 12.7. The van der Waals surface area contributed by atoms with Crippen LogP contribution >= 0.6 is 0 Å². The molecule has 1 unspecified atom stereocenters. The summed E-state index contributed by atoms with van der Waals surface area (Å²) in [7, 11) is 0. The van der Waals surface area contributed by atoms with E-state index in [9.17, 15) is 0 Å². The zero-order valence-corrected chi connectivity index (χ0v) is 16.4. The summed E-state index contributed by atoms with van der Waals surface area (Å²) < 4.78 is 6.01. The number of fused-ring (bicyclic) bond motifs is 1. The van der Waals surface area contributed by atoms with E-state index in [1.165, 1.54) is 42.6 Å². The molecule has 0 aromatic heterocycles. The summed E-state index contributed by atoms with van der Waals surface area (Å²) in [5, 5.41) is 3.67. The van der Waals surface area contributed by atoms with Gasteiger partial charge in [0.05, 0.1) is 11.7 Å². The second-order valence-electron chi connectivity index (χ2n) is 7.34. The van der Waals surface area contributed by atoms with Crippen molar-refractivity contribution >= 4 is 5.69 Å². The number of hydrogen-bond donors (Lipinski definition) is 1. The van der Waals surface area contributed by atoms with E-state index in [0.717, 1.165) is 24.4 Å². The van der Waals surface area contributed by atoms with Crippen molar-refractivity contribution in [1.82, 2.24) is 4.90 Å². The number of anilines is 1. The van der Waals surface area contributed by atoms with Crippen LogP contribution < -0.4 is 10.1 Å². The minimum Gasteiger partial charge on any atom is -0.489 e. The lowest BCUT2D eigenvalue weighted by atomic mass is 10.0. The van der Waals surface area contributed by atoms with Gasteiger partial charge in [-0.3, -0.25) is 0 Å². The van der Waals surface area contributed by atoms with Crippen molar-refractivity contribution in [3.63, 3.8) is 0 Å². The van der Waals surface area contributed by atoms with Gasteiger partial charge in [0.1, 0.15) is 12.4 Å². The molecular weight excluding hydrogens is 320 g/mol. The van der Waals surface area contributed by atoms with Crippen molar-refractivity contribution < 1.29 is 4.74 Å². The summed E-state index contributed by atoms with van der Waals surface area (Å²) in [6.07, 6.45) is 3.53. The molecule has 1 heterocycles. The molecule has 1 aliphatic heterocycles. The smallest absolute Gasteiger partial charge is 0.142 e. The molecule has 0 spiro atoms. The monoisotopic (exact) mass is 352 g/mol. The standard InChI is InChI=1S/C23H32N2O/c1-4-13-25(14-5-2)15-12-19-8-11-23-21(16-19)24-22(17-26-23)20-9-6-18(3)7-10-20/h6-11,16,22,24H,4-5,12-15,17H2,1-3H3. The Morgan fingerprint density at radius 2 is 1.73 bits per heavy atom. The number of hydrogen-bond acceptors (Lipinski definition) is 3. The van der Waals surface area contributed by atoms with Crippen LogP contribution in [-0.2, 0) is 6.42 Å². The topological polar surface area (TPSA) is 24.5 Å². The van der Waals surface area contributed by atoms with Crippen molar-refractivity contribution in [3.8, 4) is 5.75 Å². The molecule has 2 aromatic rings. The highest BCUT2D eigenvalue weighted by molar-refractivity contribution is 5.60. The Labute approximate surface area is 158 Å². The number of benzene rings is 2. The van der Waals surface area contributed by atoms with Crippen LogP contribution in [0.2, 0.25) is 0 Å². The molecule has 0 aliphatic carbocycles. The van der Waals surface area contributed by atoms with Gasteiger partial charge in [-0.2, -0.15) is 0 Å². The lowest BCUT2D eigenvalue weighted by Crippen LogP contribution is -2.28. The van der Waals surface area contributed by atoms with Gasteiger partial charge in [-0.15, -0.1) is 0 Å². The molecule has 26 heavy (non-hydrogen) atoms. The van der Waals surface area contributed by atoms with E-state index >= 15 is 0 Å². The Morgan fingerprint density at radius 3 is 2.42 bits per heavy atom. The van der Waals surface area contributed by atoms with E-state index in [1.807, 2.05) is 0 Å². The Kier molecular flexibility index (Phi) is 6.56. The van der Waals surface area contributed by atoms with Gasteiger partial charge in [0.15, 0.2) is 0 Å². The van der Waals surface area contributed by atoms with Gasteiger partial charge in [0.2, 0.25) is 0 Å². The quantitative estimate of drug-likeness (QED) is 0.706. The Morgan fingerprint density at radius 1 is 1.00 bits per heavy atom. The van der Waals surface area contributed by atoms with E-state index in [1.54, 1.807) is 0 Å². The first kappa shape index (κ1) is 18.8. The lowest BCUT2D eigenvalue weighted by molar-refractivity contribution is 0.277. The summed E-state index contributed by atoms with van der Waals surface area (Å²) in [5.41, 5.74) is 5.07. The van der Waals surface area contributed by atoms with Gasteiger partial charge < -0.3 is 15.0 Å². The van der Waals surface area contributed by atoms with Crippen molar-refractivity contribution in [3.05, 3.63) is 59.2 Å². The van der Waals surface area contributed by atoms with Gasteiger partial charge in [0, 0.05) is 6.54 Å². The fourth-order valence-corrected chi connectivity index (χ4v) is 3.61. The zero-order valence-electron chi connectivity index (χ0n) is 16.4. The van der Waals surface area contributed by atoms with Crippen LogP contribution in [0.25, 0.3) is 0 Å². The highest BCUT2D eigenvalue weighted by Crippen LogP contribution is 2.34. The SMILES string of the molecule is CCCN(CCC)CCc1ccc2c(c1)NC(c1ccc(C)cc1)CO2. The summed E-state index contributed by atoms with van der Waals surface area (Å²) in [5.74, 6) is 0.969. The molecule has 2 aromatic carbocycles. The predicted octanol–water partition coefficient (Wildman–Crippen LogP) is 5.21. The molecule has 3 nitrogen and oxygen atoms in total. The summed E-state index contributed by atoms with van der Waals surface area (Å²) >= 11 is 0. The average Bonchev–Trinajstić information content (AvgIpc) is 2.66. The molecule has 3 rings (SSSR count). The van der Waals surface area contributed by atoms with Gasteiger partial charge >= 0.3 is 0 Å². The molecule has 1 atom stereocenters. The largest absolute Gasteiger partial charge is 0.489 e. The molecule has 0 bridgehead atoms. The van der Waals surface area contributed by atoms with Crippen LogP contribution in [-0.4, -0.2) is 31.1 Å². The first-order valence-electron chi connectivity index (χ1n) is 10.0. The normalized spacial score (nSPS) is 16.1. The van der Waals surface area contributed by atoms with E-state index in [0.29, 0.717) is 6.61 Å². The van der Waals surface area contributed by atoms with Crippen molar-refractivity contribution in [1.29, 1.82) is 0 Å². The minimum atomic E-state index is 0.218. The van der Waals surface area contributed by atoms with Crippen LogP contribution in [0, 0.1) is 6.92 Å². The number of nitrogens with zero attached hydrogens (tertiary/aromatic N) is 1. The van der Waals surface area contributed by atoms with Gasteiger partial charge in [-0.1, -0.05) is 49.7 Å². The minimum absolute atomic E-state index is 0.218. The Bertz CT molecular complexity index is 690. The number of nitrogens with one attached hydrogen (secondary N) is 1. The molecule has 1 N–H and O–H groups in total. The maximum atomic E-state index is 6.01. The third-order valence-corrected chi connectivity index (χ3v) is 5.06. The molecule has 1 aliphatic rings. The third-order valence-electron chi connectivity index (χ3n) is 5.06. The summed E-state index contributed by atoms with van der Waals surface area (Å²) in [6, 6.07) is 15.5. The summed E-state index contributed by atoms with van der Waals surface area (Å²) in [4.78, 5) is 2.57. The molecule has 0 fully saturated rings. The van der Waals surface area contributed by atoms with Gasteiger partial charge in [-0.05, 0) is 62.5 Å². The maximum Gasteiger partial charge on any atom is 0.142 e. The number of ether oxygens (including phenoxy) is 1. The molecule has 0 radical (unpaired) electrons. The van der Waals surface area contributed by atoms with E-state index in [4.69, 9.17) is 4.74 Å². The maximum absolute atomic E-state index is 6.01. The van der Waals surface area contributed by atoms with Crippen LogP contribution in [0.15, 0.2) is 42.5 Å². The highest BCUT2D eigenvalue weighted by atomic mass is 16.5. The van der Waals surface area contributed by atoms with Crippen LogP contribution in [0.4, 0.5) is 5.69 Å². The van der Waals surface area contributed by atoms with Crippen LogP contribution in [0.3, 0.4) is 0 Å². The second kappa shape index (κ2) is 9.09. The van der Waals surface area contributed by atoms with E-state index in [2.05, 4.69) is 73.5 Å². The van der Waals surface area contributed by atoms with Crippen molar-refractivity contribution in [2.24, 2.45) is 0 Å². The van der Waals surface area contributed by atoms with E-state index < -0.39 is 0 Å². The van der Waals surface area contributed by atoms with Gasteiger partial charge in [-0.25, -0.2) is 0 Å². The number of rotatable bonds is 8. The fourth-order valence-electron chi connectivity index (χ4n) is 3.61. The molecule has 0 saturated heterocycles. The Hall–Kier alpha value is -2.00. The van der Waals surface area contributed by atoms with Crippen LogP contribution in [0.5, 0.6) is 5.75 Å². The molecular formula is C23H32N2O. The molecule has 140 valence electrons. The zero-order chi connectivity index (χ0) is 18.4. The highest BCUT2D eigenvalue weighted by Gasteiger charge is 2.20. The van der Waals surface area contributed by atoms with Crippen molar-refractivity contribution in [2.75, 3.05) is 31.6 Å². The Balaban J connectivity index is 1.66. The molecule has 0 saturated carbocycles. The fraction of sp³-hybridized carbons (Fsp3) is 0.478. The van der Waals surface area contributed by atoms with E-state index in [-0.39, 0.29) is 6.04 Å². The molecule has 3 heteroatoms. The lowest BCUT2D eigenvalue weighted by Gasteiger charge is -2.28. The molecule has 0 amide bonds. The van der Waals surface area contributed by atoms with Gasteiger partial charge in [0.25, 0.3) is 0 Å². The summed E-state index contributed by atoms with van der Waals surface area (Å²) in [6.45, 7) is 10.8. The first-order valence-corrected chi connectivity index (χ1v) is 10.0. The van der Waals surface area contributed by atoms with Crippen LogP contribution in [0.1, 0.15) is 49.4 Å². The average molecular weight is 353 g/mol.